The normalized spacial score (nSPS) is 15.2. The Hall–Kier alpha value is -3.40. The highest BCUT2D eigenvalue weighted by molar-refractivity contribution is 5.98. The zero-order valence-electron chi connectivity index (χ0n) is 16.1. The van der Waals surface area contributed by atoms with Gasteiger partial charge in [-0.2, -0.15) is 0 Å². The van der Waals surface area contributed by atoms with Gasteiger partial charge in [-0.05, 0) is 47.6 Å². The third-order valence-corrected chi connectivity index (χ3v) is 5.27. The fraction of sp³-hybridized carbons (Fsp3) is 0.200. The van der Waals surface area contributed by atoms with Crippen LogP contribution in [0, 0.1) is 0 Å². The molecule has 3 aromatic carbocycles. The van der Waals surface area contributed by atoms with Crippen molar-refractivity contribution >= 4 is 11.9 Å². The van der Waals surface area contributed by atoms with Crippen LogP contribution >= 0.6 is 0 Å². The molecule has 0 saturated carbocycles. The van der Waals surface area contributed by atoms with Crippen LogP contribution in [0.5, 0.6) is 0 Å². The van der Waals surface area contributed by atoms with Crippen molar-refractivity contribution in [2.75, 3.05) is 6.61 Å². The minimum Gasteiger partial charge on any atom is -0.452 e. The van der Waals surface area contributed by atoms with Crippen LogP contribution in [0.3, 0.4) is 0 Å². The molecule has 3 aromatic rings. The van der Waals surface area contributed by atoms with E-state index < -0.39 is 5.97 Å². The molecule has 29 heavy (non-hydrogen) atoms. The van der Waals surface area contributed by atoms with Crippen LogP contribution in [0.15, 0.2) is 78.9 Å². The lowest BCUT2D eigenvalue weighted by Crippen LogP contribution is -2.34. The number of carbonyl (C=O) groups is 2. The molecule has 4 rings (SSSR count). The molecule has 0 aromatic heterocycles. The molecule has 146 valence electrons. The maximum Gasteiger partial charge on any atom is 0.339 e. The third kappa shape index (κ3) is 4.37. The highest BCUT2D eigenvalue weighted by Crippen LogP contribution is 2.29. The summed E-state index contributed by atoms with van der Waals surface area (Å²) in [5, 5.41) is 3.01. The molecule has 0 radical (unpaired) electrons. The number of fused-ring (bicyclic) bond motifs is 1. The number of nitrogens with one attached hydrogen (secondary N) is 1. The van der Waals surface area contributed by atoms with Crippen LogP contribution in [-0.4, -0.2) is 18.5 Å². The minimum atomic E-state index is -0.497. The summed E-state index contributed by atoms with van der Waals surface area (Å²) >= 11 is 0. The molecule has 1 aliphatic carbocycles. The molecule has 0 fully saturated rings. The molecule has 0 heterocycles. The van der Waals surface area contributed by atoms with E-state index in [0.717, 1.165) is 36.0 Å². The van der Waals surface area contributed by atoms with Gasteiger partial charge in [-0.15, -0.1) is 0 Å². The predicted octanol–water partition coefficient (Wildman–Crippen LogP) is 4.70. The van der Waals surface area contributed by atoms with Crippen LogP contribution < -0.4 is 5.32 Å². The van der Waals surface area contributed by atoms with E-state index >= 15 is 0 Å². The zero-order valence-corrected chi connectivity index (χ0v) is 16.1. The summed E-state index contributed by atoms with van der Waals surface area (Å²) in [5.41, 5.74) is 4.61. The first-order valence-corrected chi connectivity index (χ1v) is 9.91. The van der Waals surface area contributed by atoms with Crippen molar-refractivity contribution < 1.29 is 14.3 Å². The van der Waals surface area contributed by atoms with Gasteiger partial charge in [0.2, 0.25) is 0 Å². The highest BCUT2D eigenvalue weighted by atomic mass is 16.5. The number of amides is 1. The summed E-state index contributed by atoms with van der Waals surface area (Å²) in [6.07, 6.45) is 2.97. The van der Waals surface area contributed by atoms with Gasteiger partial charge < -0.3 is 10.1 Å². The molecule has 0 spiro atoms. The van der Waals surface area contributed by atoms with Gasteiger partial charge in [-0.1, -0.05) is 72.8 Å². The summed E-state index contributed by atoms with van der Waals surface area (Å²) < 4.78 is 5.33. The van der Waals surface area contributed by atoms with E-state index in [0.29, 0.717) is 5.56 Å². The van der Waals surface area contributed by atoms with Crippen molar-refractivity contribution in [2.24, 2.45) is 0 Å². The number of aryl methyl sites for hydroxylation is 1. The summed E-state index contributed by atoms with van der Waals surface area (Å²) in [5.74, 6) is -0.777. The summed E-state index contributed by atoms with van der Waals surface area (Å²) in [6.45, 7) is -0.291. The van der Waals surface area contributed by atoms with Crippen molar-refractivity contribution in [2.45, 2.75) is 25.3 Å². The van der Waals surface area contributed by atoms with Crippen LogP contribution in [0.25, 0.3) is 11.1 Å². The highest BCUT2D eigenvalue weighted by Gasteiger charge is 2.22. The average molecular weight is 385 g/mol. The molecule has 0 aliphatic heterocycles. The molecular weight excluding hydrogens is 362 g/mol. The van der Waals surface area contributed by atoms with E-state index in [-0.39, 0.29) is 18.6 Å². The number of hydrogen-bond acceptors (Lipinski definition) is 3. The average Bonchev–Trinajstić information content (AvgIpc) is 2.78. The molecule has 0 unspecified atom stereocenters. The first-order valence-electron chi connectivity index (χ1n) is 9.91. The Morgan fingerprint density at radius 3 is 2.48 bits per heavy atom. The smallest absolute Gasteiger partial charge is 0.339 e. The summed E-state index contributed by atoms with van der Waals surface area (Å²) in [7, 11) is 0. The second kappa shape index (κ2) is 8.74. The quantitative estimate of drug-likeness (QED) is 0.648. The van der Waals surface area contributed by atoms with Crippen molar-refractivity contribution in [3.63, 3.8) is 0 Å². The van der Waals surface area contributed by atoms with E-state index in [2.05, 4.69) is 17.4 Å². The third-order valence-electron chi connectivity index (χ3n) is 5.27. The second-order valence-corrected chi connectivity index (χ2v) is 7.20. The SMILES string of the molecule is O=C(COC(=O)c1ccccc1-c1ccccc1)N[C@@H]1CCCc2ccccc21. The standard InChI is InChI=1S/C25H23NO3/c27-24(26-23-16-8-12-19-11-4-5-14-21(19)23)17-29-25(28)22-15-7-6-13-20(22)18-9-2-1-3-10-18/h1-7,9-11,13-15,23H,8,12,16-17H2,(H,26,27)/t23-/m1/s1. The number of ether oxygens (including phenoxy) is 1. The maximum atomic E-state index is 12.6. The molecule has 0 saturated heterocycles. The molecule has 4 nitrogen and oxygen atoms in total. The monoisotopic (exact) mass is 385 g/mol. The first kappa shape index (κ1) is 18.9. The van der Waals surface area contributed by atoms with E-state index in [4.69, 9.17) is 4.74 Å². The van der Waals surface area contributed by atoms with Gasteiger partial charge in [-0.3, -0.25) is 4.79 Å². The van der Waals surface area contributed by atoms with Crippen molar-refractivity contribution in [3.05, 3.63) is 95.6 Å². The van der Waals surface area contributed by atoms with E-state index in [9.17, 15) is 9.59 Å². The number of carbonyl (C=O) groups excluding carboxylic acids is 2. The Labute approximate surface area is 170 Å². The van der Waals surface area contributed by atoms with E-state index in [1.54, 1.807) is 12.1 Å². The summed E-state index contributed by atoms with van der Waals surface area (Å²) in [4.78, 5) is 25.1. The molecule has 4 heteroatoms. The van der Waals surface area contributed by atoms with Crippen LogP contribution in [0.2, 0.25) is 0 Å². The minimum absolute atomic E-state index is 0.0252. The predicted molar refractivity (Wildman–Crippen MR) is 112 cm³/mol. The Balaban J connectivity index is 1.40. The number of hydrogen-bond donors (Lipinski definition) is 1. The Morgan fingerprint density at radius 1 is 0.897 bits per heavy atom. The summed E-state index contributed by atoms with van der Waals surface area (Å²) in [6, 6.07) is 25.1. The van der Waals surface area contributed by atoms with Gasteiger partial charge in [0.25, 0.3) is 5.91 Å². The topological polar surface area (TPSA) is 55.4 Å². The number of rotatable bonds is 5. The first-order chi connectivity index (χ1) is 14.2. The molecule has 1 amide bonds. The lowest BCUT2D eigenvalue weighted by molar-refractivity contribution is -0.125. The Morgan fingerprint density at radius 2 is 1.62 bits per heavy atom. The largest absolute Gasteiger partial charge is 0.452 e. The van der Waals surface area contributed by atoms with Crippen LogP contribution in [-0.2, 0) is 16.0 Å². The fourth-order valence-electron chi connectivity index (χ4n) is 3.88. The van der Waals surface area contributed by atoms with Crippen molar-refractivity contribution in [1.82, 2.24) is 5.32 Å². The van der Waals surface area contributed by atoms with Gasteiger partial charge in [0.1, 0.15) is 0 Å². The Kier molecular flexibility index (Phi) is 5.71. The molecule has 0 bridgehead atoms. The zero-order chi connectivity index (χ0) is 20.1. The Bertz CT molecular complexity index is 1010. The van der Waals surface area contributed by atoms with Gasteiger partial charge in [0.15, 0.2) is 6.61 Å². The van der Waals surface area contributed by atoms with Gasteiger partial charge >= 0.3 is 5.97 Å². The van der Waals surface area contributed by atoms with Gasteiger partial charge in [0, 0.05) is 0 Å². The van der Waals surface area contributed by atoms with Gasteiger partial charge in [-0.25, -0.2) is 4.79 Å². The number of esters is 1. The lowest BCUT2D eigenvalue weighted by atomic mass is 9.88. The molecular formula is C25H23NO3. The van der Waals surface area contributed by atoms with Crippen molar-refractivity contribution in [3.8, 4) is 11.1 Å². The van der Waals surface area contributed by atoms with Crippen LogP contribution in [0.4, 0.5) is 0 Å². The fourth-order valence-corrected chi connectivity index (χ4v) is 3.88. The molecule has 1 atom stereocenters. The van der Waals surface area contributed by atoms with Crippen molar-refractivity contribution in [1.29, 1.82) is 0 Å². The second-order valence-electron chi connectivity index (χ2n) is 7.20. The van der Waals surface area contributed by atoms with Gasteiger partial charge in [0.05, 0.1) is 11.6 Å². The maximum absolute atomic E-state index is 12.6. The number of benzene rings is 3. The molecule has 1 aliphatic rings. The van der Waals surface area contributed by atoms with E-state index in [1.165, 1.54) is 5.56 Å². The van der Waals surface area contributed by atoms with Crippen LogP contribution in [0.1, 0.15) is 40.4 Å². The molecule has 1 N–H and O–H groups in total. The van der Waals surface area contributed by atoms with E-state index in [1.807, 2.05) is 54.6 Å². The lowest BCUT2D eigenvalue weighted by Gasteiger charge is -2.26.